The van der Waals surface area contributed by atoms with E-state index in [-0.39, 0.29) is 0 Å². The van der Waals surface area contributed by atoms with Gasteiger partial charge in [-0.05, 0) is 6.07 Å². The molecule has 0 aliphatic rings. The quantitative estimate of drug-likeness (QED) is 0.293. The van der Waals surface area contributed by atoms with Gasteiger partial charge in [-0.3, -0.25) is 0 Å². The molecule has 0 amide bonds. The number of aromatic nitrogens is 2. The fourth-order valence-electron chi connectivity index (χ4n) is 0.576. The van der Waals surface area contributed by atoms with Crippen LogP contribution in [0.3, 0.4) is 0 Å². The highest BCUT2D eigenvalue weighted by Crippen LogP contribution is 2.12. The van der Waals surface area contributed by atoms with Crippen molar-refractivity contribution in [1.29, 1.82) is 0 Å². The minimum Gasteiger partial charge on any atom is -0.303 e. The van der Waals surface area contributed by atoms with Gasteiger partial charge in [-0.2, -0.15) is 0 Å². The van der Waals surface area contributed by atoms with Crippen LogP contribution in [0.5, 0.6) is 0 Å². The molecule has 58 valence electrons. The molecular weight excluding hydrogens is 160 g/mol. The van der Waals surface area contributed by atoms with Crippen LogP contribution in [0.4, 0.5) is 0 Å². The van der Waals surface area contributed by atoms with Crippen molar-refractivity contribution in [3.05, 3.63) is 18.6 Å². The molecule has 0 bridgehead atoms. The highest BCUT2D eigenvalue weighted by atomic mass is 32.2. The summed E-state index contributed by atoms with van der Waals surface area (Å²) < 4.78 is 0. The van der Waals surface area contributed by atoms with Crippen molar-refractivity contribution in [3.8, 4) is 0 Å². The van der Waals surface area contributed by atoms with Gasteiger partial charge in [-0.25, -0.2) is 9.97 Å². The van der Waals surface area contributed by atoms with Crippen LogP contribution in [-0.4, -0.2) is 22.0 Å². The second-order valence-electron chi connectivity index (χ2n) is 1.85. The van der Waals surface area contributed by atoms with Gasteiger partial charge >= 0.3 is 0 Å². The predicted octanol–water partition coefficient (Wildman–Crippen LogP) is 1.16. The van der Waals surface area contributed by atoms with Crippen LogP contribution in [0.15, 0.2) is 23.6 Å². The van der Waals surface area contributed by atoms with Crippen molar-refractivity contribution < 1.29 is 4.79 Å². The van der Waals surface area contributed by atoms with Crippen molar-refractivity contribution in [2.75, 3.05) is 5.75 Å². The molecule has 0 atom stereocenters. The molecule has 1 aromatic heterocycles. The van der Waals surface area contributed by atoms with Crippen LogP contribution >= 0.6 is 11.8 Å². The summed E-state index contributed by atoms with van der Waals surface area (Å²) in [6.45, 7) is 0. The number of thioether (sulfide) groups is 1. The van der Waals surface area contributed by atoms with Crippen molar-refractivity contribution in [2.24, 2.45) is 0 Å². The standard InChI is InChI=1S/C7H8N2OS/c10-4-1-5-11-7-2-3-8-6-9-7/h2-4,6H,1,5H2. The van der Waals surface area contributed by atoms with Gasteiger partial charge < -0.3 is 4.79 Å². The van der Waals surface area contributed by atoms with Gasteiger partial charge in [0.25, 0.3) is 0 Å². The number of rotatable bonds is 4. The predicted molar refractivity (Wildman–Crippen MR) is 43.4 cm³/mol. The Kier molecular flexibility index (Phi) is 3.61. The molecule has 0 aliphatic heterocycles. The molecule has 0 aromatic carbocycles. The summed E-state index contributed by atoms with van der Waals surface area (Å²) in [6.07, 6.45) is 4.68. The normalized spacial score (nSPS) is 9.45. The smallest absolute Gasteiger partial charge is 0.120 e. The van der Waals surface area contributed by atoms with E-state index in [0.29, 0.717) is 6.42 Å². The molecule has 11 heavy (non-hydrogen) atoms. The molecule has 0 saturated carbocycles. The molecule has 4 heteroatoms. The Balaban J connectivity index is 2.33. The minimum atomic E-state index is 0.578. The lowest BCUT2D eigenvalue weighted by atomic mass is 10.6. The highest BCUT2D eigenvalue weighted by Gasteiger charge is 1.91. The van der Waals surface area contributed by atoms with Crippen LogP contribution in [0.2, 0.25) is 0 Å². The number of carbonyl (C=O) groups excluding carboxylic acids is 1. The maximum absolute atomic E-state index is 9.95. The fraction of sp³-hybridized carbons (Fsp3) is 0.286. The Morgan fingerprint density at radius 2 is 2.55 bits per heavy atom. The van der Waals surface area contributed by atoms with Gasteiger partial charge in [-0.15, -0.1) is 11.8 Å². The fourth-order valence-corrected chi connectivity index (χ4v) is 1.28. The van der Waals surface area contributed by atoms with Crippen LogP contribution in [0, 0.1) is 0 Å². The molecule has 0 saturated heterocycles. The molecular formula is C7H8N2OS. The number of nitrogens with zero attached hydrogens (tertiary/aromatic N) is 2. The van der Waals surface area contributed by atoms with Gasteiger partial charge in [0, 0.05) is 18.4 Å². The average Bonchev–Trinajstić information content (AvgIpc) is 2.07. The number of carbonyl (C=O) groups is 1. The van der Waals surface area contributed by atoms with E-state index in [1.807, 2.05) is 6.07 Å². The second kappa shape index (κ2) is 4.85. The van der Waals surface area contributed by atoms with Crippen LogP contribution < -0.4 is 0 Å². The molecule has 0 aliphatic carbocycles. The summed E-state index contributed by atoms with van der Waals surface area (Å²) >= 11 is 1.56. The van der Waals surface area contributed by atoms with Gasteiger partial charge in [0.1, 0.15) is 12.6 Å². The summed E-state index contributed by atoms with van der Waals surface area (Å²) in [5.41, 5.74) is 0. The third-order valence-corrected chi connectivity index (χ3v) is 2.02. The minimum absolute atomic E-state index is 0.578. The summed E-state index contributed by atoms with van der Waals surface area (Å²) in [4.78, 5) is 17.7. The van der Waals surface area contributed by atoms with E-state index in [1.54, 1.807) is 18.0 Å². The first-order chi connectivity index (χ1) is 5.43. The van der Waals surface area contributed by atoms with Gasteiger partial charge in [0.05, 0.1) is 5.03 Å². The topological polar surface area (TPSA) is 42.9 Å². The molecule has 0 radical (unpaired) electrons. The van der Waals surface area contributed by atoms with Crippen molar-refractivity contribution in [2.45, 2.75) is 11.4 Å². The molecule has 0 fully saturated rings. The summed E-state index contributed by atoms with van der Waals surface area (Å²) in [6, 6.07) is 1.83. The maximum atomic E-state index is 9.95. The van der Waals surface area contributed by atoms with Crippen molar-refractivity contribution >= 4 is 18.0 Å². The molecule has 1 rings (SSSR count). The third-order valence-electron chi connectivity index (χ3n) is 1.04. The molecule has 0 spiro atoms. The summed E-state index contributed by atoms with van der Waals surface area (Å²) in [7, 11) is 0. The van der Waals surface area contributed by atoms with E-state index in [0.717, 1.165) is 17.1 Å². The van der Waals surface area contributed by atoms with E-state index >= 15 is 0 Å². The van der Waals surface area contributed by atoms with Crippen molar-refractivity contribution in [3.63, 3.8) is 0 Å². The van der Waals surface area contributed by atoms with E-state index < -0.39 is 0 Å². The summed E-state index contributed by atoms with van der Waals surface area (Å²) in [5, 5.41) is 0.918. The Hall–Kier alpha value is -0.900. The first kappa shape index (κ1) is 8.20. The zero-order chi connectivity index (χ0) is 7.94. The third kappa shape index (κ3) is 3.13. The van der Waals surface area contributed by atoms with Crippen LogP contribution in [0.1, 0.15) is 6.42 Å². The SMILES string of the molecule is O=CCCSc1ccncn1. The lowest BCUT2D eigenvalue weighted by Gasteiger charge is -1.94. The van der Waals surface area contributed by atoms with Gasteiger partial charge in [-0.1, -0.05) is 0 Å². The number of hydrogen-bond donors (Lipinski definition) is 0. The zero-order valence-corrected chi connectivity index (χ0v) is 6.75. The van der Waals surface area contributed by atoms with Gasteiger partial charge in [0.15, 0.2) is 0 Å². The number of hydrogen-bond acceptors (Lipinski definition) is 4. The Bertz CT molecular complexity index is 215. The van der Waals surface area contributed by atoms with Crippen LogP contribution in [0.25, 0.3) is 0 Å². The second-order valence-corrected chi connectivity index (χ2v) is 2.97. The molecule has 1 aromatic rings. The summed E-state index contributed by atoms with van der Waals surface area (Å²) in [5.74, 6) is 0.792. The van der Waals surface area contributed by atoms with Crippen LogP contribution in [-0.2, 0) is 4.79 Å². The Labute approximate surface area is 69.3 Å². The molecule has 0 unspecified atom stereocenters. The Morgan fingerprint density at radius 1 is 1.64 bits per heavy atom. The largest absolute Gasteiger partial charge is 0.303 e. The monoisotopic (exact) mass is 168 g/mol. The first-order valence-electron chi connectivity index (χ1n) is 3.26. The lowest BCUT2D eigenvalue weighted by molar-refractivity contribution is -0.107. The Morgan fingerprint density at radius 3 is 3.18 bits per heavy atom. The zero-order valence-electron chi connectivity index (χ0n) is 5.93. The molecule has 1 heterocycles. The van der Waals surface area contributed by atoms with E-state index in [1.165, 1.54) is 6.33 Å². The first-order valence-corrected chi connectivity index (χ1v) is 4.24. The maximum Gasteiger partial charge on any atom is 0.120 e. The molecule has 0 N–H and O–H groups in total. The van der Waals surface area contributed by atoms with Crippen molar-refractivity contribution in [1.82, 2.24) is 9.97 Å². The molecule has 3 nitrogen and oxygen atoms in total. The van der Waals surface area contributed by atoms with Gasteiger partial charge in [0.2, 0.25) is 0 Å². The number of aldehydes is 1. The average molecular weight is 168 g/mol. The van der Waals surface area contributed by atoms with E-state index in [2.05, 4.69) is 9.97 Å². The highest BCUT2D eigenvalue weighted by molar-refractivity contribution is 7.99. The van der Waals surface area contributed by atoms with E-state index in [9.17, 15) is 4.79 Å². The lowest BCUT2D eigenvalue weighted by Crippen LogP contribution is -1.83. The van der Waals surface area contributed by atoms with E-state index in [4.69, 9.17) is 0 Å².